The third-order valence-corrected chi connectivity index (χ3v) is 5.45. The molecule has 2 heterocycles. The van der Waals surface area contributed by atoms with Gasteiger partial charge in [0.25, 0.3) is 0 Å². The Morgan fingerprint density at radius 1 is 0.829 bits per heavy atom. The Labute approximate surface area is 240 Å². The fraction of sp³-hybridized carbons (Fsp3) is 0.483. The normalized spacial score (nSPS) is 12.1. The van der Waals surface area contributed by atoms with Gasteiger partial charge in [0.2, 0.25) is 0 Å². The lowest BCUT2D eigenvalue weighted by Crippen LogP contribution is -2.48. The summed E-state index contributed by atoms with van der Waals surface area (Å²) in [5.74, 6) is 0.823. The average Bonchev–Trinajstić information content (AvgIpc) is 3.22. The number of imide groups is 1. The predicted molar refractivity (Wildman–Crippen MR) is 156 cm³/mol. The van der Waals surface area contributed by atoms with Crippen molar-refractivity contribution in [3.05, 3.63) is 42.6 Å². The van der Waals surface area contributed by atoms with Crippen molar-refractivity contribution in [3.63, 3.8) is 0 Å². The van der Waals surface area contributed by atoms with Crippen LogP contribution in [-0.4, -0.2) is 67.8 Å². The van der Waals surface area contributed by atoms with Crippen LogP contribution in [0.2, 0.25) is 0 Å². The van der Waals surface area contributed by atoms with Crippen molar-refractivity contribution in [2.75, 3.05) is 23.8 Å². The van der Waals surface area contributed by atoms with E-state index in [2.05, 4.69) is 10.2 Å². The van der Waals surface area contributed by atoms with E-state index in [1.54, 1.807) is 53.7 Å². The van der Waals surface area contributed by atoms with Gasteiger partial charge in [-0.1, -0.05) is 0 Å². The Bertz CT molecular complexity index is 1370. The number of hydrogen-bond donors (Lipinski definition) is 1. The van der Waals surface area contributed by atoms with Gasteiger partial charge in [0, 0.05) is 22.8 Å². The Kier molecular flexibility index (Phi) is 8.85. The maximum absolute atomic E-state index is 13.3. The van der Waals surface area contributed by atoms with E-state index in [0.717, 1.165) is 15.8 Å². The first-order valence-electron chi connectivity index (χ1n) is 13.3. The van der Waals surface area contributed by atoms with Crippen LogP contribution in [0.1, 0.15) is 62.3 Å². The molecule has 0 atom stereocenters. The van der Waals surface area contributed by atoms with Crippen LogP contribution in [0, 0.1) is 0 Å². The van der Waals surface area contributed by atoms with E-state index >= 15 is 0 Å². The number of carbonyl (C=O) groups excluding carboxylic acids is 3. The molecule has 222 valence electrons. The van der Waals surface area contributed by atoms with Gasteiger partial charge in [-0.25, -0.2) is 19.3 Å². The highest BCUT2D eigenvalue weighted by atomic mass is 16.6. The zero-order chi connectivity index (χ0) is 30.8. The molecule has 0 aliphatic heterocycles. The van der Waals surface area contributed by atoms with E-state index in [9.17, 15) is 14.4 Å². The fourth-order valence-electron chi connectivity index (χ4n) is 3.82. The summed E-state index contributed by atoms with van der Waals surface area (Å²) in [4.78, 5) is 40.8. The molecule has 1 aromatic carbocycles. The number of hydrogen-bond acceptors (Lipinski definition) is 9. The van der Waals surface area contributed by atoms with Crippen LogP contribution in [0.25, 0.3) is 16.7 Å². The molecule has 3 amide bonds. The first-order valence-corrected chi connectivity index (χ1v) is 13.3. The van der Waals surface area contributed by atoms with Crippen molar-refractivity contribution in [2.24, 2.45) is 0 Å². The lowest BCUT2D eigenvalue weighted by Gasteiger charge is -2.33. The van der Waals surface area contributed by atoms with Crippen molar-refractivity contribution in [1.29, 1.82) is 0 Å². The van der Waals surface area contributed by atoms with Crippen molar-refractivity contribution in [1.82, 2.24) is 19.7 Å². The molecule has 12 nitrogen and oxygen atoms in total. The molecule has 2 aromatic heterocycles. The zero-order valence-electron chi connectivity index (χ0n) is 25.2. The van der Waals surface area contributed by atoms with Gasteiger partial charge < -0.3 is 19.9 Å². The second-order valence-corrected chi connectivity index (χ2v) is 12.5. The number of fused-ring (bicyclic) bond motifs is 1. The molecule has 0 bridgehead atoms. The molecule has 0 saturated carbocycles. The van der Waals surface area contributed by atoms with Crippen LogP contribution in [0.3, 0.4) is 0 Å². The SMILES string of the molecule is CC(C)(C)OC(=O)N(CCOC(=O)N(c1ccc(-n2ccc3cc(N)ccc32)nn1)C(C)(C)C)C(=O)OC(C)(C)C. The highest BCUT2D eigenvalue weighted by Crippen LogP contribution is 2.25. The number of amides is 3. The minimum absolute atomic E-state index is 0.267. The van der Waals surface area contributed by atoms with E-state index in [0.29, 0.717) is 11.5 Å². The monoisotopic (exact) mass is 568 g/mol. The van der Waals surface area contributed by atoms with Gasteiger partial charge in [0.1, 0.15) is 17.8 Å². The summed E-state index contributed by atoms with van der Waals surface area (Å²) in [5.41, 5.74) is 5.04. The minimum Gasteiger partial charge on any atom is -0.447 e. The van der Waals surface area contributed by atoms with Crippen LogP contribution in [-0.2, 0) is 14.2 Å². The largest absolute Gasteiger partial charge is 0.447 e. The number of nitrogens with two attached hydrogens (primary N) is 1. The number of aromatic nitrogens is 3. The molecular formula is C29H40N6O6. The summed E-state index contributed by atoms with van der Waals surface area (Å²) in [6.07, 6.45) is -0.672. The smallest absolute Gasteiger partial charge is 0.419 e. The molecule has 0 spiro atoms. The van der Waals surface area contributed by atoms with Crippen molar-refractivity contribution in [2.45, 2.75) is 79.1 Å². The number of benzene rings is 1. The third-order valence-electron chi connectivity index (χ3n) is 5.45. The number of carbonyl (C=O) groups is 3. The lowest BCUT2D eigenvalue weighted by molar-refractivity contribution is -0.00212. The Morgan fingerprint density at radius 2 is 1.44 bits per heavy atom. The van der Waals surface area contributed by atoms with Crippen LogP contribution in [0.15, 0.2) is 42.6 Å². The summed E-state index contributed by atoms with van der Waals surface area (Å²) < 4.78 is 18.1. The highest BCUT2D eigenvalue weighted by molar-refractivity contribution is 5.89. The second-order valence-electron chi connectivity index (χ2n) is 12.5. The summed E-state index contributed by atoms with van der Waals surface area (Å²) in [6, 6.07) is 10.9. The maximum atomic E-state index is 13.3. The van der Waals surface area contributed by atoms with E-state index in [4.69, 9.17) is 19.9 Å². The zero-order valence-corrected chi connectivity index (χ0v) is 25.2. The number of rotatable bonds is 5. The molecule has 0 radical (unpaired) electrons. The third kappa shape index (κ3) is 8.32. The topological polar surface area (TPSA) is 142 Å². The number of ether oxygens (including phenoxy) is 3. The van der Waals surface area contributed by atoms with Crippen LogP contribution < -0.4 is 10.6 Å². The van der Waals surface area contributed by atoms with Crippen LogP contribution in [0.4, 0.5) is 25.9 Å². The average molecular weight is 569 g/mol. The first-order chi connectivity index (χ1) is 18.9. The molecule has 0 fully saturated rings. The predicted octanol–water partition coefficient (Wildman–Crippen LogP) is 5.92. The molecule has 3 rings (SSSR count). The summed E-state index contributed by atoms with van der Waals surface area (Å²) in [7, 11) is 0. The molecule has 0 unspecified atom stereocenters. The molecule has 0 aliphatic rings. The van der Waals surface area contributed by atoms with Gasteiger partial charge in [-0.15, -0.1) is 10.2 Å². The van der Waals surface area contributed by atoms with Crippen molar-refractivity contribution < 1.29 is 28.6 Å². The molecule has 0 saturated heterocycles. The van der Waals surface area contributed by atoms with Gasteiger partial charge in [0.05, 0.1) is 12.1 Å². The van der Waals surface area contributed by atoms with Crippen LogP contribution in [0.5, 0.6) is 0 Å². The van der Waals surface area contributed by atoms with E-state index in [1.807, 2.05) is 55.8 Å². The van der Waals surface area contributed by atoms with Gasteiger partial charge in [-0.3, -0.25) is 9.47 Å². The second kappa shape index (κ2) is 11.6. The molecule has 0 aliphatic carbocycles. The quantitative estimate of drug-likeness (QED) is 0.293. The van der Waals surface area contributed by atoms with Crippen molar-refractivity contribution >= 4 is 40.7 Å². The number of nitrogens with zero attached hydrogens (tertiary/aromatic N) is 5. The lowest BCUT2D eigenvalue weighted by atomic mass is 10.1. The Hall–Kier alpha value is -4.35. The maximum Gasteiger partial charge on any atom is 0.419 e. The summed E-state index contributed by atoms with van der Waals surface area (Å²) >= 11 is 0. The fourth-order valence-corrected chi connectivity index (χ4v) is 3.82. The van der Waals surface area contributed by atoms with Gasteiger partial charge in [-0.2, -0.15) is 0 Å². The molecule has 41 heavy (non-hydrogen) atoms. The Balaban J connectivity index is 1.76. The number of anilines is 2. The Morgan fingerprint density at radius 3 is 1.95 bits per heavy atom. The molecule has 2 N–H and O–H groups in total. The van der Waals surface area contributed by atoms with E-state index < -0.39 is 35.0 Å². The van der Waals surface area contributed by atoms with E-state index in [1.165, 1.54) is 4.90 Å². The molecular weight excluding hydrogens is 528 g/mol. The van der Waals surface area contributed by atoms with E-state index in [-0.39, 0.29) is 19.0 Å². The van der Waals surface area contributed by atoms with Crippen LogP contribution >= 0.6 is 0 Å². The highest BCUT2D eigenvalue weighted by Gasteiger charge is 2.34. The molecule has 12 heteroatoms. The summed E-state index contributed by atoms with van der Waals surface area (Å²) in [5, 5.41) is 9.59. The minimum atomic E-state index is -0.905. The first kappa shape index (κ1) is 31.2. The molecule has 3 aromatic rings. The number of nitrogen functional groups attached to an aromatic ring is 1. The summed E-state index contributed by atoms with van der Waals surface area (Å²) in [6.45, 7) is 15.0. The van der Waals surface area contributed by atoms with Gasteiger partial charge in [0.15, 0.2) is 11.6 Å². The standard InChI is InChI=1S/C29H40N6O6/c1-27(2,3)35(23-13-12-22(31-32-23)33-15-14-19-18-20(30)10-11-21(19)33)26(38)39-17-16-34(24(36)40-28(4,5)6)25(37)41-29(7,8)9/h10-15,18H,16-17,30H2,1-9H3. The van der Waals surface area contributed by atoms with Crippen molar-refractivity contribution in [3.8, 4) is 5.82 Å². The van der Waals surface area contributed by atoms with Gasteiger partial charge in [-0.05, 0) is 98.7 Å². The van der Waals surface area contributed by atoms with Gasteiger partial charge >= 0.3 is 18.3 Å².